The number of hydrogen-bond acceptors (Lipinski definition) is 5. The summed E-state index contributed by atoms with van der Waals surface area (Å²) in [7, 11) is 0. The van der Waals surface area contributed by atoms with Crippen LogP contribution < -0.4 is 4.90 Å². The molecule has 0 unspecified atom stereocenters. The number of benzene rings is 2. The first-order valence-corrected chi connectivity index (χ1v) is 10.9. The summed E-state index contributed by atoms with van der Waals surface area (Å²) in [6, 6.07) is 9.50. The molecule has 30 heavy (non-hydrogen) atoms. The number of esters is 1. The zero-order chi connectivity index (χ0) is 21.1. The van der Waals surface area contributed by atoms with Crippen LogP contribution in [0.25, 0.3) is 10.8 Å². The van der Waals surface area contributed by atoms with Crippen LogP contribution in [0.5, 0.6) is 0 Å². The van der Waals surface area contributed by atoms with E-state index in [1.54, 1.807) is 6.07 Å². The van der Waals surface area contributed by atoms with Gasteiger partial charge in [-0.05, 0) is 43.9 Å². The molecule has 158 valence electrons. The van der Waals surface area contributed by atoms with Gasteiger partial charge in [0, 0.05) is 47.1 Å². The van der Waals surface area contributed by atoms with Crippen molar-refractivity contribution >= 4 is 34.2 Å². The summed E-state index contributed by atoms with van der Waals surface area (Å²) in [4.78, 5) is 41.5. The maximum atomic E-state index is 13.1. The number of rotatable bonds is 7. The fraction of sp³-hybridized carbons (Fsp3) is 0.458. The molecule has 0 radical (unpaired) electrons. The third kappa shape index (κ3) is 3.78. The van der Waals surface area contributed by atoms with Gasteiger partial charge in [-0.25, -0.2) is 0 Å². The number of anilines is 1. The molecule has 6 nitrogen and oxygen atoms in total. The lowest BCUT2D eigenvalue weighted by Crippen LogP contribution is -2.42. The van der Waals surface area contributed by atoms with Crippen molar-refractivity contribution in [2.24, 2.45) is 0 Å². The molecule has 0 N–H and O–H groups in total. The fourth-order valence-corrected chi connectivity index (χ4v) is 4.39. The van der Waals surface area contributed by atoms with Gasteiger partial charge >= 0.3 is 5.97 Å². The van der Waals surface area contributed by atoms with Crippen LogP contribution in [0.2, 0.25) is 0 Å². The summed E-state index contributed by atoms with van der Waals surface area (Å²) in [5, 5.41) is 1.70. The summed E-state index contributed by atoms with van der Waals surface area (Å²) in [6.45, 7) is 4.09. The van der Waals surface area contributed by atoms with Crippen LogP contribution >= 0.6 is 0 Å². The number of piperidine rings is 1. The van der Waals surface area contributed by atoms with Gasteiger partial charge in [0.25, 0.3) is 11.8 Å². The van der Waals surface area contributed by atoms with E-state index in [1.807, 2.05) is 31.2 Å². The Hall–Kier alpha value is -2.89. The Bertz CT molecular complexity index is 956. The first-order chi connectivity index (χ1) is 14.6. The maximum absolute atomic E-state index is 13.1. The molecule has 2 aliphatic rings. The van der Waals surface area contributed by atoms with Crippen LogP contribution in [0.15, 0.2) is 30.3 Å². The van der Waals surface area contributed by atoms with Crippen molar-refractivity contribution in [3.63, 3.8) is 0 Å². The van der Waals surface area contributed by atoms with Crippen LogP contribution in [-0.2, 0) is 9.53 Å². The molecule has 0 saturated carbocycles. The Kier molecular flexibility index (Phi) is 6.02. The van der Waals surface area contributed by atoms with E-state index in [2.05, 4.69) is 4.90 Å². The number of amides is 2. The molecule has 2 aromatic rings. The minimum atomic E-state index is -0.321. The SMILES string of the molecule is CCCCC(=O)OCCN1C(=O)c2cccc3c(N4CCCCC4)ccc(c23)C1=O. The molecule has 0 spiro atoms. The van der Waals surface area contributed by atoms with Crippen molar-refractivity contribution in [3.8, 4) is 0 Å². The van der Waals surface area contributed by atoms with Gasteiger partial charge in [0.05, 0.1) is 6.54 Å². The van der Waals surface area contributed by atoms with Crippen molar-refractivity contribution in [1.29, 1.82) is 0 Å². The van der Waals surface area contributed by atoms with Crippen molar-refractivity contribution < 1.29 is 19.1 Å². The molecule has 6 heteroatoms. The Labute approximate surface area is 176 Å². The van der Waals surface area contributed by atoms with Crippen molar-refractivity contribution in [2.75, 3.05) is 31.1 Å². The second-order valence-electron chi connectivity index (χ2n) is 7.99. The normalized spacial score (nSPS) is 16.3. The van der Waals surface area contributed by atoms with Gasteiger partial charge in [-0.15, -0.1) is 0 Å². The quantitative estimate of drug-likeness (QED) is 0.508. The summed E-state index contributed by atoms with van der Waals surface area (Å²) in [5.41, 5.74) is 2.17. The summed E-state index contributed by atoms with van der Waals surface area (Å²) >= 11 is 0. The number of imide groups is 1. The largest absolute Gasteiger partial charge is 0.464 e. The molecule has 1 fully saturated rings. The van der Waals surface area contributed by atoms with E-state index in [1.165, 1.54) is 11.3 Å². The maximum Gasteiger partial charge on any atom is 0.305 e. The van der Waals surface area contributed by atoms with Crippen LogP contribution in [0, 0.1) is 0 Å². The average Bonchev–Trinajstić information content (AvgIpc) is 2.78. The van der Waals surface area contributed by atoms with E-state index >= 15 is 0 Å². The Balaban J connectivity index is 1.59. The lowest BCUT2D eigenvalue weighted by atomic mass is 9.92. The van der Waals surface area contributed by atoms with Gasteiger partial charge in [0.15, 0.2) is 0 Å². The molecule has 0 bridgehead atoms. The average molecular weight is 408 g/mol. The molecular weight excluding hydrogens is 380 g/mol. The van der Waals surface area contributed by atoms with E-state index in [4.69, 9.17) is 4.74 Å². The van der Waals surface area contributed by atoms with Crippen molar-refractivity contribution in [3.05, 3.63) is 41.5 Å². The Morgan fingerprint density at radius 1 is 1.00 bits per heavy atom. The van der Waals surface area contributed by atoms with E-state index in [-0.39, 0.29) is 30.9 Å². The van der Waals surface area contributed by atoms with Crippen molar-refractivity contribution in [2.45, 2.75) is 45.4 Å². The molecule has 0 atom stereocenters. The third-order valence-corrected chi connectivity index (χ3v) is 5.98. The Morgan fingerprint density at radius 2 is 1.73 bits per heavy atom. The molecule has 2 amide bonds. The number of unbranched alkanes of at least 4 members (excludes halogenated alkanes) is 1. The summed E-state index contributed by atoms with van der Waals surface area (Å²) < 4.78 is 5.21. The van der Waals surface area contributed by atoms with Crippen LogP contribution in [0.4, 0.5) is 5.69 Å². The summed E-state index contributed by atoms with van der Waals surface area (Å²) in [5.74, 6) is -0.931. The highest BCUT2D eigenvalue weighted by molar-refractivity contribution is 6.26. The highest BCUT2D eigenvalue weighted by Gasteiger charge is 2.33. The minimum Gasteiger partial charge on any atom is -0.464 e. The molecule has 0 aliphatic carbocycles. The molecule has 2 heterocycles. The van der Waals surface area contributed by atoms with Gasteiger partial charge in [0.1, 0.15) is 6.61 Å². The zero-order valence-electron chi connectivity index (χ0n) is 17.5. The molecule has 2 aromatic carbocycles. The van der Waals surface area contributed by atoms with Crippen LogP contribution in [0.3, 0.4) is 0 Å². The monoisotopic (exact) mass is 408 g/mol. The zero-order valence-corrected chi connectivity index (χ0v) is 17.5. The first kappa shape index (κ1) is 20.4. The molecule has 0 aromatic heterocycles. The van der Waals surface area contributed by atoms with Gasteiger partial charge in [-0.2, -0.15) is 0 Å². The standard InChI is InChI=1S/C24H28N2O4/c1-2-3-10-21(27)30-16-15-26-23(28)18-9-7-8-17-20(25-13-5-4-6-14-25)12-11-19(22(17)18)24(26)29/h7-9,11-12H,2-6,10,13-16H2,1H3. The minimum absolute atomic E-state index is 0.0250. The predicted octanol–water partition coefficient (Wildman–Crippen LogP) is 4.16. The topological polar surface area (TPSA) is 66.9 Å². The van der Waals surface area contributed by atoms with Gasteiger partial charge < -0.3 is 9.64 Å². The second kappa shape index (κ2) is 8.86. The lowest BCUT2D eigenvalue weighted by Gasteiger charge is -2.32. The second-order valence-corrected chi connectivity index (χ2v) is 7.99. The van der Waals surface area contributed by atoms with Crippen LogP contribution in [0.1, 0.15) is 66.2 Å². The molecule has 2 aliphatic heterocycles. The first-order valence-electron chi connectivity index (χ1n) is 10.9. The third-order valence-electron chi connectivity index (χ3n) is 5.98. The molecular formula is C24H28N2O4. The predicted molar refractivity (Wildman–Crippen MR) is 116 cm³/mol. The smallest absolute Gasteiger partial charge is 0.305 e. The Morgan fingerprint density at radius 3 is 2.47 bits per heavy atom. The number of hydrogen-bond donors (Lipinski definition) is 0. The van der Waals surface area contributed by atoms with E-state index in [9.17, 15) is 14.4 Å². The number of carbonyl (C=O) groups excluding carboxylic acids is 3. The van der Waals surface area contributed by atoms with Gasteiger partial charge in [-0.3, -0.25) is 19.3 Å². The number of carbonyl (C=O) groups is 3. The highest BCUT2D eigenvalue weighted by Crippen LogP contribution is 2.36. The molecule has 1 saturated heterocycles. The van der Waals surface area contributed by atoms with Gasteiger partial charge in [-0.1, -0.05) is 25.5 Å². The van der Waals surface area contributed by atoms with E-state index in [0.29, 0.717) is 17.5 Å². The summed E-state index contributed by atoms with van der Waals surface area (Å²) in [6.07, 6.45) is 5.61. The van der Waals surface area contributed by atoms with Gasteiger partial charge in [0.2, 0.25) is 0 Å². The van der Waals surface area contributed by atoms with Crippen molar-refractivity contribution in [1.82, 2.24) is 4.90 Å². The van der Waals surface area contributed by atoms with E-state index in [0.717, 1.165) is 55.2 Å². The lowest BCUT2D eigenvalue weighted by molar-refractivity contribution is -0.144. The number of ether oxygens (including phenoxy) is 1. The van der Waals surface area contributed by atoms with E-state index < -0.39 is 0 Å². The highest BCUT2D eigenvalue weighted by atomic mass is 16.5. The fourth-order valence-electron chi connectivity index (χ4n) is 4.39. The molecule has 4 rings (SSSR count). The number of nitrogens with zero attached hydrogens (tertiary/aromatic N) is 2. The van der Waals surface area contributed by atoms with Crippen LogP contribution in [-0.4, -0.2) is 48.9 Å².